The quantitative estimate of drug-likeness (QED) is 0.639. The predicted molar refractivity (Wildman–Crippen MR) is 117 cm³/mol. The summed E-state index contributed by atoms with van der Waals surface area (Å²) in [6, 6.07) is 5.49. The molecule has 7 nitrogen and oxygen atoms in total. The topological polar surface area (TPSA) is 74.3 Å². The summed E-state index contributed by atoms with van der Waals surface area (Å²) in [5.74, 6) is 2.06. The van der Waals surface area contributed by atoms with E-state index in [1.54, 1.807) is 13.2 Å². The second-order valence-electron chi connectivity index (χ2n) is 8.45. The van der Waals surface area contributed by atoms with Crippen LogP contribution in [0.3, 0.4) is 0 Å². The fourth-order valence-electron chi connectivity index (χ4n) is 4.56. The fraction of sp³-hybridized carbons (Fsp3) is 0.696. The summed E-state index contributed by atoms with van der Waals surface area (Å²) in [5.41, 5.74) is 0.921. The summed E-state index contributed by atoms with van der Waals surface area (Å²) in [4.78, 5) is 17.2. The maximum absolute atomic E-state index is 12.5. The van der Waals surface area contributed by atoms with Crippen molar-refractivity contribution in [3.63, 3.8) is 0 Å². The summed E-state index contributed by atoms with van der Waals surface area (Å²) in [5, 5.41) is 13.4. The average molecular weight is 420 g/mol. The maximum Gasteiger partial charge on any atom is 0.220 e. The third-order valence-corrected chi connectivity index (χ3v) is 6.49. The highest BCUT2D eigenvalue weighted by atomic mass is 16.5. The first-order valence-corrected chi connectivity index (χ1v) is 11.2. The number of ether oxygens (including phenoxy) is 2. The second-order valence-corrected chi connectivity index (χ2v) is 8.45. The molecular formula is C23H37N3O4. The molecule has 1 amide bonds. The molecule has 2 aliphatic rings. The molecule has 0 radical (unpaired) electrons. The molecule has 30 heavy (non-hydrogen) atoms. The number of nitrogens with zero attached hydrogens (tertiary/aromatic N) is 2. The molecule has 0 spiro atoms. The molecule has 2 saturated heterocycles. The molecule has 2 N–H and O–H groups in total. The van der Waals surface area contributed by atoms with Crippen molar-refractivity contribution in [2.24, 2.45) is 11.8 Å². The molecule has 0 bridgehead atoms. The van der Waals surface area contributed by atoms with E-state index in [1.807, 2.05) is 12.1 Å². The van der Waals surface area contributed by atoms with Gasteiger partial charge < -0.3 is 19.9 Å². The van der Waals surface area contributed by atoms with Gasteiger partial charge in [-0.1, -0.05) is 19.4 Å². The van der Waals surface area contributed by atoms with E-state index in [-0.39, 0.29) is 11.7 Å². The summed E-state index contributed by atoms with van der Waals surface area (Å²) >= 11 is 0. The van der Waals surface area contributed by atoms with Crippen molar-refractivity contribution in [3.05, 3.63) is 23.8 Å². The van der Waals surface area contributed by atoms with E-state index in [1.165, 1.54) is 0 Å². The molecule has 0 saturated carbocycles. The number of rotatable bonds is 9. The predicted octanol–water partition coefficient (Wildman–Crippen LogP) is 2.09. The Morgan fingerprint density at radius 2 is 2.03 bits per heavy atom. The van der Waals surface area contributed by atoms with Gasteiger partial charge in [0, 0.05) is 57.3 Å². The number of carbonyl (C=O) groups is 1. The molecule has 0 unspecified atom stereocenters. The van der Waals surface area contributed by atoms with Crippen LogP contribution in [0.2, 0.25) is 0 Å². The van der Waals surface area contributed by atoms with Gasteiger partial charge in [0.05, 0.1) is 20.3 Å². The Labute approximate surface area is 180 Å². The molecule has 0 aromatic heterocycles. The van der Waals surface area contributed by atoms with E-state index in [0.717, 1.165) is 70.9 Å². The first kappa shape index (κ1) is 22.8. The minimum Gasteiger partial charge on any atom is -0.507 e. The molecular weight excluding hydrogens is 382 g/mol. The number of nitrogens with one attached hydrogen (secondary N) is 1. The number of morpholine rings is 1. The summed E-state index contributed by atoms with van der Waals surface area (Å²) in [6.45, 7) is 9.96. The molecule has 2 heterocycles. The van der Waals surface area contributed by atoms with Crippen molar-refractivity contribution in [2.75, 3.05) is 59.6 Å². The van der Waals surface area contributed by atoms with Gasteiger partial charge in [0.25, 0.3) is 0 Å². The Kier molecular flexibility index (Phi) is 8.78. The van der Waals surface area contributed by atoms with Gasteiger partial charge in [-0.05, 0) is 30.9 Å². The zero-order chi connectivity index (χ0) is 21.3. The number of piperidine rings is 1. The van der Waals surface area contributed by atoms with Crippen LogP contribution >= 0.6 is 0 Å². The maximum atomic E-state index is 12.5. The highest BCUT2D eigenvalue weighted by molar-refractivity contribution is 5.76. The van der Waals surface area contributed by atoms with Gasteiger partial charge in [0.2, 0.25) is 5.91 Å². The third-order valence-electron chi connectivity index (χ3n) is 6.49. The summed E-state index contributed by atoms with van der Waals surface area (Å²) in [7, 11) is 1.60. The monoisotopic (exact) mass is 419 g/mol. The van der Waals surface area contributed by atoms with Crippen molar-refractivity contribution in [1.29, 1.82) is 0 Å². The zero-order valence-corrected chi connectivity index (χ0v) is 18.4. The van der Waals surface area contributed by atoms with E-state index < -0.39 is 0 Å². The number of hydrogen-bond acceptors (Lipinski definition) is 6. The average Bonchev–Trinajstić information content (AvgIpc) is 2.76. The number of phenolic OH excluding ortho intramolecular Hbond substituents is 1. The first-order valence-electron chi connectivity index (χ1n) is 11.2. The normalized spacial score (nSPS) is 23.3. The molecule has 1 aromatic carbocycles. The van der Waals surface area contributed by atoms with Crippen LogP contribution in [0, 0.1) is 11.8 Å². The van der Waals surface area contributed by atoms with E-state index >= 15 is 0 Å². The number of methoxy groups -OCH3 is 1. The number of hydrogen-bond donors (Lipinski definition) is 2. The fourth-order valence-corrected chi connectivity index (χ4v) is 4.56. The number of phenols is 1. The van der Waals surface area contributed by atoms with Crippen molar-refractivity contribution in [2.45, 2.75) is 32.7 Å². The molecule has 168 valence electrons. The van der Waals surface area contributed by atoms with Gasteiger partial charge in [-0.2, -0.15) is 0 Å². The van der Waals surface area contributed by atoms with Crippen LogP contribution in [0.1, 0.15) is 31.7 Å². The number of likely N-dealkylation sites (tertiary alicyclic amines) is 1. The van der Waals surface area contributed by atoms with Gasteiger partial charge in [0.15, 0.2) is 0 Å². The Hall–Kier alpha value is -1.83. The van der Waals surface area contributed by atoms with E-state index in [0.29, 0.717) is 30.6 Å². The second kappa shape index (κ2) is 11.5. The Balaban J connectivity index is 1.42. The molecule has 0 aliphatic carbocycles. The van der Waals surface area contributed by atoms with Gasteiger partial charge in [-0.3, -0.25) is 14.6 Å². The lowest BCUT2D eigenvalue weighted by Crippen LogP contribution is -2.43. The van der Waals surface area contributed by atoms with Crippen LogP contribution in [-0.4, -0.2) is 80.4 Å². The van der Waals surface area contributed by atoms with E-state index in [2.05, 4.69) is 22.0 Å². The standard InChI is InChI=1S/C23H37N3O4/c1-3-18-16-26(17-20-4-5-21(29-2)15-22(20)27)8-6-19(18)14-23(28)24-7-9-25-10-12-30-13-11-25/h4-5,15,18-19,27H,3,6-14,16-17H2,1-2H3,(H,24,28)/t18-,19-/m0/s1. The first-order chi connectivity index (χ1) is 14.6. The lowest BCUT2D eigenvalue weighted by Gasteiger charge is -2.38. The lowest BCUT2D eigenvalue weighted by molar-refractivity contribution is -0.123. The third kappa shape index (κ3) is 6.59. The van der Waals surface area contributed by atoms with Crippen LogP contribution in [0.25, 0.3) is 0 Å². The van der Waals surface area contributed by atoms with Crippen LogP contribution in [0.4, 0.5) is 0 Å². The largest absolute Gasteiger partial charge is 0.507 e. The Morgan fingerprint density at radius 1 is 1.23 bits per heavy atom. The molecule has 7 heteroatoms. The molecule has 2 aliphatic heterocycles. The summed E-state index contributed by atoms with van der Waals surface area (Å²) < 4.78 is 10.5. The SMILES string of the molecule is CC[C@H]1CN(Cc2ccc(OC)cc2O)CC[C@H]1CC(=O)NCCN1CCOCC1. The molecule has 3 rings (SSSR count). The number of carbonyl (C=O) groups excluding carboxylic acids is 1. The molecule has 2 atom stereocenters. The highest BCUT2D eigenvalue weighted by Gasteiger charge is 2.30. The van der Waals surface area contributed by atoms with Gasteiger partial charge >= 0.3 is 0 Å². The minimum atomic E-state index is 0.174. The summed E-state index contributed by atoms with van der Waals surface area (Å²) in [6.07, 6.45) is 2.70. The Bertz CT molecular complexity index is 678. The van der Waals surface area contributed by atoms with Crippen LogP contribution in [0.5, 0.6) is 11.5 Å². The highest BCUT2D eigenvalue weighted by Crippen LogP contribution is 2.31. The van der Waals surface area contributed by atoms with E-state index in [4.69, 9.17) is 9.47 Å². The van der Waals surface area contributed by atoms with Gasteiger partial charge in [-0.15, -0.1) is 0 Å². The van der Waals surface area contributed by atoms with Gasteiger partial charge in [0.1, 0.15) is 11.5 Å². The molecule has 2 fully saturated rings. The van der Waals surface area contributed by atoms with Crippen LogP contribution in [-0.2, 0) is 16.1 Å². The zero-order valence-electron chi connectivity index (χ0n) is 18.4. The number of benzene rings is 1. The van der Waals surface area contributed by atoms with Crippen molar-refractivity contribution < 1.29 is 19.4 Å². The van der Waals surface area contributed by atoms with Crippen LogP contribution < -0.4 is 10.1 Å². The minimum absolute atomic E-state index is 0.174. The smallest absolute Gasteiger partial charge is 0.220 e. The Morgan fingerprint density at radius 3 is 2.73 bits per heavy atom. The number of amides is 1. The van der Waals surface area contributed by atoms with Gasteiger partial charge in [-0.25, -0.2) is 0 Å². The van der Waals surface area contributed by atoms with Crippen molar-refractivity contribution in [1.82, 2.24) is 15.1 Å². The number of aromatic hydroxyl groups is 1. The lowest BCUT2D eigenvalue weighted by atomic mass is 9.81. The van der Waals surface area contributed by atoms with E-state index in [9.17, 15) is 9.90 Å². The van der Waals surface area contributed by atoms with Crippen molar-refractivity contribution >= 4 is 5.91 Å². The van der Waals surface area contributed by atoms with Crippen molar-refractivity contribution in [3.8, 4) is 11.5 Å². The molecule has 1 aromatic rings. The van der Waals surface area contributed by atoms with Crippen LogP contribution in [0.15, 0.2) is 18.2 Å².